The van der Waals surface area contributed by atoms with Gasteiger partial charge < -0.3 is 19.7 Å². The summed E-state index contributed by atoms with van der Waals surface area (Å²) in [5.74, 6) is 0.0185. The van der Waals surface area contributed by atoms with Gasteiger partial charge in [0.25, 0.3) is 5.91 Å². The molecule has 2 aliphatic heterocycles. The zero-order chi connectivity index (χ0) is 25.7. The number of hydrogen-bond donors (Lipinski definition) is 1. The third-order valence-corrected chi connectivity index (χ3v) is 7.70. The largest absolute Gasteiger partial charge is 0.379 e. The van der Waals surface area contributed by atoms with E-state index >= 15 is 0 Å². The van der Waals surface area contributed by atoms with E-state index in [1.165, 1.54) is 11.1 Å². The summed E-state index contributed by atoms with van der Waals surface area (Å²) in [6.45, 7) is 11.5. The van der Waals surface area contributed by atoms with Crippen LogP contribution in [0.1, 0.15) is 72.9 Å². The number of aryl methyl sites for hydroxylation is 2. The van der Waals surface area contributed by atoms with Crippen molar-refractivity contribution in [1.29, 1.82) is 0 Å². The molecule has 0 saturated carbocycles. The standard InChI is InChI=1S/C29H42N4O3/c1-20-24(11-8-21-6-9-22(10-7-21)29(2,3)4)30-19-31-27(20)28(34)33-15-12-23(13-16-33)32-25-14-17-36-18-26(25)35-5/h6-7,9-10,19,23,25-26,32H,8,11-18H2,1-5H3. The molecular formula is C29H42N4O3. The number of hydrogen-bond acceptors (Lipinski definition) is 6. The zero-order valence-corrected chi connectivity index (χ0v) is 22.5. The van der Waals surface area contributed by atoms with Crippen LogP contribution in [0.3, 0.4) is 0 Å². The zero-order valence-electron chi connectivity index (χ0n) is 22.5. The van der Waals surface area contributed by atoms with E-state index in [2.05, 4.69) is 60.3 Å². The van der Waals surface area contributed by atoms with Gasteiger partial charge in [0.05, 0.1) is 12.7 Å². The topological polar surface area (TPSA) is 76.6 Å². The normalized spacial score (nSPS) is 21.5. The number of piperidine rings is 1. The van der Waals surface area contributed by atoms with Crippen molar-refractivity contribution in [2.24, 2.45) is 0 Å². The Morgan fingerprint density at radius 3 is 2.50 bits per heavy atom. The Morgan fingerprint density at radius 2 is 1.83 bits per heavy atom. The molecule has 1 aromatic carbocycles. The summed E-state index contributed by atoms with van der Waals surface area (Å²) in [6.07, 6.45) is 6.14. The molecule has 0 radical (unpaired) electrons. The highest BCUT2D eigenvalue weighted by Gasteiger charge is 2.31. The van der Waals surface area contributed by atoms with Crippen molar-refractivity contribution in [2.45, 2.75) is 83.4 Å². The van der Waals surface area contributed by atoms with E-state index in [-0.39, 0.29) is 17.4 Å². The van der Waals surface area contributed by atoms with Crippen LogP contribution in [0, 0.1) is 6.92 Å². The molecule has 1 aromatic heterocycles. The number of ether oxygens (including phenoxy) is 2. The second-order valence-corrected chi connectivity index (χ2v) is 11.2. The van der Waals surface area contributed by atoms with Crippen molar-refractivity contribution < 1.29 is 14.3 Å². The maximum Gasteiger partial charge on any atom is 0.272 e. The fourth-order valence-corrected chi connectivity index (χ4v) is 5.23. The molecule has 196 valence electrons. The lowest BCUT2D eigenvalue weighted by Crippen LogP contribution is -2.54. The maximum absolute atomic E-state index is 13.4. The number of carbonyl (C=O) groups excluding carboxylic acids is 1. The summed E-state index contributed by atoms with van der Waals surface area (Å²) in [5.41, 5.74) is 5.16. The molecular weight excluding hydrogens is 452 g/mol. The van der Waals surface area contributed by atoms with Crippen molar-refractivity contribution in [1.82, 2.24) is 20.2 Å². The number of aromatic nitrogens is 2. The number of rotatable bonds is 7. The second kappa shape index (κ2) is 11.8. The highest BCUT2D eigenvalue weighted by Crippen LogP contribution is 2.23. The molecule has 7 heteroatoms. The second-order valence-electron chi connectivity index (χ2n) is 11.2. The number of benzene rings is 1. The van der Waals surface area contributed by atoms with Crippen LogP contribution in [0.5, 0.6) is 0 Å². The quantitative estimate of drug-likeness (QED) is 0.630. The van der Waals surface area contributed by atoms with E-state index in [1.807, 2.05) is 11.8 Å². The number of methoxy groups -OCH3 is 1. The minimum absolute atomic E-state index is 0.0185. The summed E-state index contributed by atoms with van der Waals surface area (Å²) in [4.78, 5) is 24.2. The van der Waals surface area contributed by atoms with Crippen LogP contribution in [0.25, 0.3) is 0 Å². The lowest BCUT2D eigenvalue weighted by atomic mass is 9.86. The summed E-state index contributed by atoms with van der Waals surface area (Å²) in [6, 6.07) is 9.54. The Balaban J connectivity index is 1.32. The Hall–Kier alpha value is -2.35. The highest BCUT2D eigenvalue weighted by atomic mass is 16.5. The van der Waals surface area contributed by atoms with Gasteiger partial charge in [0.2, 0.25) is 0 Å². The van der Waals surface area contributed by atoms with E-state index in [0.717, 1.165) is 63.1 Å². The van der Waals surface area contributed by atoms with Gasteiger partial charge in [-0.2, -0.15) is 0 Å². The average Bonchev–Trinajstić information content (AvgIpc) is 2.88. The first-order chi connectivity index (χ1) is 17.3. The minimum Gasteiger partial charge on any atom is -0.379 e. The van der Waals surface area contributed by atoms with Crippen LogP contribution in [-0.4, -0.2) is 72.4 Å². The Bertz CT molecular complexity index is 1010. The molecule has 2 aromatic rings. The number of amides is 1. The molecule has 0 aliphatic carbocycles. The molecule has 3 heterocycles. The first-order valence-corrected chi connectivity index (χ1v) is 13.3. The third-order valence-electron chi connectivity index (χ3n) is 7.70. The Kier molecular flexibility index (Phi) is 8.75. The minimum atomic E-state index is 0.0185. The predicted molar refractivity (Wildman–Crippen MR) is 141 cm³/mol. The van der Waals surface area contributed by atoms with E-state index in [9.17, 15) is 4.79 Å². The van der Waals surface area contributed by atoms with E-state index < -0.39 is 0 Å². The van der Waals surface area contributed by atoms with Gasteiger partial charge in [-0.25, -0.2) is 9.97 Å². The Labute approximate surface area is 216 Å². The van der Waals surface area contributed by atoms with E-state index in [4.69, 9.17) is 9.47 Å². The SMILES string of the molecule is COC1COCCC1NC1CCN(C(=O)c2ncnc(CCc3ccc(C(C)(C)C)cc3)c2C)CC1. The molecule has 2 atom stereocenters. The van der Waals surface area contributed by atoms with Crippen molar-refractivity contribution >= 4 is 5.91 Å². The third kappa shape index (κ3) is 6.50. The molecule has 7 nitrogen and oxygen atoms in total. The lowest BCUT2D eigenvalue weighted by Gasteiger charge is -2.38. The van der Waals surface area contributed by atoms with Crippen LogP contribution in [0.4, 0.5) is 0 Å². The molecule has 2 fully saturated rings. The summed E-state index contributed by atoms with van der Waals surface area (Å²) in [7, 11) is 1.75. The first-order valence-electron chi connectivity index (χ1n) is 13.3. The average molecular weight is 495 g/mol. The molecule has 2 saturated heterocycles. The van der Waals surface area contributed by atoms with Crippen LogP contribution in [0.15, 0.2) is 30.6 Å². The van der Waals surface area contributed by atoms with Gasteiger partial charge in [0.1, 0.15) is 12.0 Å². The number of nitrogens with zero attached hydrogens (tertiary/aromatic N) is 3. The van der Waals surface area contributed by atoms with Crippen LogP contribution in [-0.2, 0) is 27.7 Å². The van der Waals surface area contributed by atoms with Crippen LogP contribution in [0.2, 0.25) is 0 Å². The predicted octanol–water partition coefficient (Wildman–Crippen LogP) is 3.87. The van der Waals surface area contributed by atoms with Crippen LogP contribution < -0.4 is 5.32 Å². The highest BCUT2D eigenvalue weighted by molar-refractivity contribution is 5.93. The molecule has 1 amide bonds. The van der Waals surface area contributed by atoms with Gasteiger partial charge in [0, 0.05) is 50.1 Å². The smallest absolute Gasteiger partial charge is 0.272 e. The summed E-state index contributed by atoms with van der Waals surface area (Å²) < 4.78 is 11.1. The van der Waals surface area contributed by atoms with Gasteiger partial charge in [-0.1, -0.05) is 45.0 Å². The van der Waals surface area contributed by atoms with Gasteiger partial charge in [-0.15, -0.1) is 0 Å². The Morgan fingerprint density at radius 1 is 1.11 bits per heavy atom. The van der Waals surface area contributed by atoms with Gasteiger partial charge >= 0.3 is 0 Å². The maximum atomic E-state index is 13.4. The monoisotopic (exact) mass is 494 g/mol. The number of likely N-dealkylation sites (tertiary alicyclic amines) is 1. The van der Waals surface area contributed by atoms with Crippen LogP contribution >= 0.6 is 0 Å². The van der Waals surface area contributed by atoms with Gasteiger partial charge in [-0.3, -0.25) is 4.79 Å². The number of nitrogens with one attached hydrogen (secondary N) is 1. The van der Waals surface area contributed by atoms with E-state index in [1.54, 1.807) is 13.4 Å². The fraction of sp³-hybridized carbons (Fsp3) is 0.621. The molecule has 4 rings (SSSR count). The van der Waals surface area contributed by atoms with Crippen molar-refractivity contribution in [3.05, 3.63) is 58.7 Å². The van der Waals surface area contributed by atoms with Crippen molar-refractivity contribution in [3.8, 4) is 0 Å². The molecule has 0 bridgehead atoms. The van der Waals surface area contributed by atoms with E-state index in [0.29, 0.717) is 24.4 Å². The summed E-state index contributed by atoms with van der Waals surface area (Å²) in [5, 5.41) is 3.75. The molecule has 2 unspecified atom stereocenters. The lowest BCUT2D eigenvalue weighted by molar-refractivity contribution is -0.0533. The van der Waals surface area contributed by atoms with Crippen molar-refractivity contribution in [3.63, 3.8) is 0 Å². The number of carbonyl (C=O) groups is 1. The summed E-state index contributed by atoms with van der Waals surface area (Å²) >= 11 is 0. The van der Waals surface area contributed by atoms with Gasteiger partial charge in [0.15, 0.2) is 0 Å². The fourth-order valence-electron chi connectivity index (χ4n) is 5.23. The molecule has 1 N–H and O–H groups in total. The molecule has 0 spiro atoms. The first kappa shape index (κ1) is 26.7. The van der Waals surface area contributed by atoms with Crippen molar-refractivity contribution in [2.75, 3.05) is 33.4 Å². The van der Waals surface area contributed by atoms with Gasteiger partial charge in [-0.05, 0) is 55.6 Å². The molecule has 2 aliphatic rings. The molecule has 36 heavy (non-hydrogen) atoms.